The molecule has 2 rings (SSSR count). The lowest BCUT2D eigenvalue weighted by Crippen LogP contribution is -2.10. The Morgan fingerprint density at radius 1 is 1.11 bits per heavy atom. The summed E-state index contributed by atoms with van der Waals surface area (Å²) in [5.41, 5.74) is 0.857. The molecule has 0 amide bonds. The molecule has 0 fully saturated rings. The molecule has 1 N–H and O–H groups in total. The second-order valence-corrected chi connectivity index (χ2v) is 6.21. The number of rotatable bonds is 4. The van der Waals surface area contributed by atoms with Gasteiger partial charge in [-0.05, 0) is 30.8 Å². The van der Waals surface area contributed by atoms with Crippen LogP contribution in [0.1, 0.15) is 11.8 Å². The molecule has 1 aromatic heterocycles. The molecule has 0 spiro atoms. The average Bonchev–Trinajstić information content (AvgIpc) is 2.73. The number of hydrogen-bond acceptors (Lipinski definition) is 2. The van der Waals surface area contributed by atoms with Crippen LogP contribution in [0.3, 0.4) is 0 Å². The number of hydrogen-bond donors (Lipinski definition) is 1. The minimum Gasteiger partial charge on any atom is -0.312 e. The smallest absolute Gasteiger partial charge is 0.0522 e. The predicted octanol–water partition coefficient (Wildman–Crippen LogP) is 5.48. The van der Waals surface area contributed by atoms with E-state index in [4.69, 9.17) is 34.8 Å². The van der Waals surface area contributed by atoms with Gasteiger partial charge in [-0.25, -0.2) is 0 Å². The normalized spacial score (nSPS) is 10.9. The third-order valence-corrected chi connectivity index (χ3v) is 4.38. The zero-order valence-corrected chi connectivity index (χ0v) is 12.9. The lowest BCUT2D eigenvalue weighted by Gasteiger charge is -2.05. The molecular formula is C13H12Cl3NS. The van der Waals surface area contributed by atoms with Crippen LogP contribution in [0.15, 0.2) is 24.3 Å². The lowest BCUT2D eigenvalue weighted by molar-refractivity contribution is 0.735. The van der Waals surface area contributed by atoms with Gasteiger partial charge in [0, 0.05) is 26.9 Å². The molecule has 1 heterocycles. The standard InChI is InChI=1S/C13H12Cl3NS/c1-2-17-7-9-3-4-12(18-9)13-10(15)5-8(14)6-11(13)16/h3-6,17H,2,7H2,1H3. The first-order valence-electron chi connectivity index (χ1n) is 5.56. The summed E-state index contributed by atoms with van der Waals surface area (Å²) in [5.74, 6) is 0. The van der Waals surface area contributed by atoms with Crippen molar-refractivity contribution in [3.8, 4) is 10.4 Å². The second kappa shape index (κ2) is 6.27. The zero-order valence-electron chi connectivity index (χ0n) is 9.77. The summed E-state index contributed by atoms with van der Waals surface area (Å²) < 4.78 is 0. The maximum Gasteiger partial charge on any atom is 0.0522 e. The fourth-order valence-electron chi connectivity index (χ4n) is 1.63. The minimum absolute atomic E-state index is 0.554. The van der Waals surface area contributed by atoms with Gasteiger partial charge in [0.1, 0.15) is 0 Å². The molecule has 0 aliphatic rings. The highest BCUT2D eigenvalue weighted by molar-refractivity contribution is 7.15. The summed E-state index contributed by atoms with van der Waals surface area (Å²) in [6.45, 7) is 3.90. The molecule has 0 radical (unpaired) electrons. The Morgan fingerprint density at radius 2 is 1.78 bits per heavy atom. The largest absolute Gasteiger partial charge is 0.312 e. The predicted molar refractivity (Wildman–Crippen MR) is 82.2 cm³/mol. The Balaban J connectivity index is 2.34. The van der Waals surface area contributed by atoms with Gasteiger partial charge in [0.25, 0.3) is 0 Å². The summed E-state index contributed by atoms with van der Waals surface area (Å²) >= 11 is 20.0. The summed E-state index contributed by atoms with van der Waals surface area (Å²) in [7, 11) is 0. The van der Waals surface area contributed by atoms with Gasteiger partial charge < -0.3 is 5.32 Å². The van der Waals surface area contributed by atoms with Crippen molar-refractivity contribution in [2.45, 2.75) is 13.5 Å². The van der Waals surface area contributed by atoms with Gasteiger partial charge in [0.05, 0.1) is 10.0 Å². The molecule has 0 aliphatic carbocycles. The van der Waals surface area contributed by atoms with Gasteiger partial charge in [-0.3, -0.25) is 0 Å². The Labute approximate surface area is 126 Å². The molecular weight excluding hydrogens is 309 g/mol. The minimum atomic E-state index is 0.554. The van der Waals surface area contributed by atoms with E-state index in [1.54, 1.807) is 23.5 Å². The second-order valence-electron chi connectivity index (χ2n) is 3.79. The number of benzene rings is 1. The Hall–Kier alpha value is -0.250. The van der Waals surface area contributed by atoms with Crippen LogP contribution in [0.2, 0.25) is 15.1 Å². The van der Waals surface area contributed by atoms with Crippen molar-refractivity contribution in [3.63, 3.8) is 0 Å². The van der Waals surface area contributed by atoms with Crippen molar-refractivity contribution in [2.75, 3.05) is 6.54 Å². The van der Waals surface area contributed by atoms with E-state index in [9.17, 15) is 0 Å². The molecule has 96 valence electrons. The SMILES string of the molecule is CCNCc1ccc(-c2c(Cl)cc(Cl)cc2Cl)s1. The summed E-state index contributed by atoms with van der Waals surface area (Å²) in [4.78, 5) is 2.32. The van der Waals surface area contributed by atoms with E-state index in [1.165, 1.54) is 4.88 Å². The van der Waals surface area contributed by atoms with Gasteiger partial charge in [0.2, 0.25) is 0 Å². The van der Waals surface area contributed by atoms with Crippen LogP contribution >= 0.6 is 46.1 Å². The molecule has 0 unspecified atom stereocenters. The highest BCUT2D eigenvalue weighted by Crippen LogP contribution is 2.40. The van der Waals surface area contributed by atoms with Gasteiger partial charge in [-0.2, -0.15) is 0 Å². The highest BCUT2D eigenvalue weighted by atomic mass is 35.5. The van der Waals surface area contributed by atoms with E-state index in [1.807, 2.05) is 6.07 Å². The van der Waals surface area contributed by atoms with Crippen LogP contribution in [0, 0.1) is 0 Å². The number of halogens is 3. The summed E-state index contributed by atoms with van der Waals surface area (Å²) in [6.07, 6.45) is 0. The van der Waals surface area contributed by atoms with Crippen molar-refractivity contribution in [3.05, 3.63) is 44.2 Å². The molecule has 0 atom stereocenters. The van der Waals surface area contributed by atoms with Gasteiger partial charge in [-0.15, -0.1) is 11.3 Å². The van der Waals surface area contributed by atoms with Gasteiger partial charge in [0.15, 0.2) is 0 Å². The van der Waals surface area contributed by atoms with E-state index >= 15 is 0 Å². The number of nitrogens with one attached hydrogen (secondary N) is 1. The van der Waals surface area contributed by atoms with E-state index in [-0.39, 0.29) is 0 Å². The monoisotopic (exact) mass is 319 g/mol. The molecule has 5 heteroatoms. The first-order chi connectivity index (χ1) is 8.61. The first kappa shape index (κ1) is 14.2. The highest BCUT2D eigenvalue weighted by Gasteiger charge is 2.12. The Kier molecular flexibility index (Phi) is 4.93. The Bertz CT molecular complexity index is 528. The summed E-state index contributed by atoms with van der Waals surface area (Å²) in [5, 5.41) is 5.02. The molecule has 0 saturated heterocycles. The van der Waals surface area contributed by atoms with Crippen molar-refractivity contribution in [2.24, 2.45) is 0 Å². The van der Waals surface area contributed by atoms with Crippen molar-refractivity contribution < 1.29 is 0 Å². The van der Waals surface area contributed by atoms with Gasteiger partial charge >= 0.3 is 0 Å². The average molecular weight is 321 g/mol. The maximum absolute atomic E-state index is 6.21. The molecule has 1 nitrogen and oxygen atoms in total. The molecule has 2 aromatic rings. The van der Waals surface area contributed by atoms with E-state index in [2.05, 4.69) is 18.3 Å². The molecule has 0 bridgehead atoms. The fraction of sp³-hybridized carbons (Fsp3) is 0.231. The van der Waals surface area contributed by atoms with Crippen LogP contribution in [-0.2, 0) is 6.54 Å². The fourth-order valence-corrected chi connectivity index (χ4v) is 3.82. The van der Waals surface area contributed by atoms with E-state index in [0.717, 1.165) is 23.5 Å². The molecule has 1 aromatic carbocycles. The van der Waals surface area contributed by atoms with Crippen LogP contribution < -0.4 is 5.32 Å². The lowest BCUT2D eigenvalue weighted by atomic mass is 10.2. The van der Waals surface area contributed by atoms with Crippen molar-refractivity contribution in [1.82, 2.24) is 5.32 Å². The quantitative estimate of drug-likeness (QED) is 0.786. The van der Waals surface area contributed by atoms with Crippen LogP contribution in [-0.4, -0.2) is 6.54 Å². The van der Waals surface area contributed by atoms with Crippen molar-refractivity contribution >= 4 is 46.1 Å². The topological polar surface area (TPSA) is 12.0 Å². The molecule has 0 aliphatic heterocycles. The van der Waals surface area contributed by atoms with Crippen LogP contribution in [0.4, 0.5) is 0 Å². The third kappa shape index (κ3) is 3.19. The first-order valence-corrected chi connectivity index (χ1v) is 7.51. The van der Waals surface area contributed by atoms with Crippen molar-refractivity contribution in [1.29, 1.82) is 0 Å². The summed E-state index contributed by atoms with van der Waals surface area (Å²) in [6, 6.07) is 7.56. The molecule has 0 saturated carbocycles. The van der Waals surface area contributed by atoms with E-state index in [0.29, 0.717) is 15.1 Å². The molecule has 18 heavy (non-hydrogen) atoms. The number of thiophene rings is 1. The third-order valence-electron chi connectivity index (χ3n) is 2.46. The zero-order chi connectivity index (χ0) is 13.1. The van der Waals surface area contributed by atoms with E-state index < -0.39 is 0 Å². The maximum atomic E-state index is 6.21. The van der Waals surface area contributed by atoms with Crippen LogP contribution in [0.25, 0.3) is 10.4 Å². The van der Waals surface area contributed by atoms with Gasteiger partial charge in [-0.1, -0.05) is 41.7 Å². The Morgan fingerprint density at radius 3 is 2.39 bits per heavy atom. The van der Waals surface area contributed by atoms with Crippen LogP contribution in [0.5, 0.6) is 0 Å².